The number of hydrogen-bond acceptors (Lipinski definition) is 2. The molecule has 0 saturated heterocycles. The van der Waals surface area contributed by atoms with Crippen molar-refractivity contribution in [1.29, 1.82) is 0 Å². The summed E-state index contributed by atoms with van der Waals surface area (Å²) in [7, 11) is -0.897. The molecule has 0 bridgehead atoms. The minimum atomic E-state index is -0.897. The van der Waals surface area contributed by atoms with E-state index in [0.717, 1.165) is 10.0 Å². The fraction of sp³-hybridized carbons (Fsp3) is 0. The average molecular weight is 259 g/mol. The number of fused-ring (bicyclic) bond motifs is 1. The highest BCUT2D eigenvalue weighted by Crippen LogP contribution is 2.35. The van der Waals surface area contributed by atoms with Crippen LogP contribution in [0.2, 0.25) is 5.02 Å². The molecular weight excluding hydrogens is 254 g/mol. The zero-order valence-electron chi connectivity index (χ0n) is 6.50. The first kappa shape index (κ1) is 9.12. The van der Waals surface area contributed by atoms with Gasteiger partial charge in [0.1, 0.15) is 5.75 Å². The topological polar surface area (TPSA) is 29.5 Å². The van der Waals surface area contributed by atoms with Crippen LogP contribution in [0.5, 0.6) is 5.75 Å². The van der Waals surface area contributed by atoms with Crippen molar-refractivity contribution in [3.8, 4) is 5.75 Å². The van der Waals surface area contributed by atoms with Crippen LogP contribution in [0, 0.1) is 0 Å². The lowest BCUT2D eigenvalue weighted by Crippen LogP contribution is -2.21. The molecule has 0 saturated carbocycles. The van der Waals surface area contributed by atoms with Crippen molar-refractivity contribution in [2.75, 3.05) is 0 Å². The number of halogens is 2. The molecular formula is C8H5BBrClO2. The maximum absolute atomic E-state index is 9.17. The van der Waals surface area contributed by atoms with Crippen LogP contribution in [0.4, 0.5) is 0 Å². The fourth-order valence-corrected chi connectivity index (χ4v) is 2.05. The highest BCUT2D eigenvalue weighted by atomic mass is 79.9. The minimum absolute atomic E-state index is 0.493. The molecule has 0 amide bonds. The van der Waals surface area contributed by atoms with E-state index in [-0.39, 0.29) is 0 Å². The van der Waals surface area contributed by atoms with E-state index >= 15 is 0 Å². The molecule has 1 aromatic carbocycles. The predicted molar refractivity (Wildman–Crippen MR) is 56.8 cm³/mol. The Morgan fingerprint density at radius 3 is 3.00 bits per heavy atom. The van der Waals surface area contributed by atoms with Crippen molar-refractivity contribution >= 4 is 40.7 Å². The van der Waals surface area contributed by atoms with Crippen LogP contribution in [0.3, 0.4) is 0 Å². The zero-order chi connectivity index (χ0) is 9.42. The van der Waals surface area contributed by atoms with Gasteiger partial charge in [0.15, 0.2) is 0 Å². The monoisotopic (exact) mass is 258 g/mol. The molecule has 0 unspecified atom stereocenters. The third kappa shape index (κ3) is 1.75. The second-order valence-corrected chi connectivity index (χ2v) is 4.00. The molecule has 13 heavy (non-hydrogen) atoms. The Kier molecular flexibility index (Phi) is 2.36. The Labute approximate surface area is 89.4 Å². The van der Waals surface area contributed by atoms with E-state index < -0.39 is 7.12 Å². The maximum atomic E-state index is 9.17. The minimum Gasteiger partial charge on any atom is -0.531 e. The van der Waals surface area contributed by atoms with Gasteiger partial charge >= 0.3 is 7.12 Å². The lowest BCUT2D eigenvalue weighted by Gasteiger charge is -2.16. The zero-order valence-corrected chi connectivity index (χ0v) is 8.84. The normalized spacial score (nSPS) is 13.9. The highest BCUT2D eigenvalue weighted by molar-refractivity contribution is 9.10. The van der Waals surface area contributed by atoms with Crippen LogP contribution in [0.15, 0.2) is 22.6 Å². The van der Waals surface area contributed by atoms with Gasteiger partial charge < -0.3 is 9.68 Å². The number of benzene rings is 1. The Morgan fingerprint density at radius 1 is 1.46 bits per heavy atom. The van der Waals surface area contributed by atoms with E-state index in [2.05, 4.69) is 15.9 Å². The summed E-state index contributed by atoms with van der Waals surface area (Å²) in [5.41, 5.74) is 0.865. The molecule has 1 N–H and O–H groups in total. The van der Waals surface area contributed by atoms with Crippen molar-refractivity contribution in [2.24, 2.45) is 0 Å². The third-order valence-electron chi connectivity index (χ3n) is 1.72. The SMILES string of the molecule is OB1C=Cc2cc(Br)cc(Cl)c2O1. The summed E-state index contributed by atoms with van der Waals surface area (Å²) < 4.78 is 6.02. The van der Waals surface area contributed by atoms with Gasteiger partial charge in [0.05, 0.1) is 5.02 Å². The Bertz CT molecular complexity index is 381. The van der Waals surface area contributed by atoms with Crippen LogP contribution in [-0.4, -0.2) is 12.1 Å². The van der Waals surface area contributed by atoms with Gasteiger partial charge in [-0.25, -0.2) is 0 Å². The first-order valence-corrected chi connectivity index (χ1v) is 4.86. The number of rotatable bonds is 0. The molecule has 66 valence electrons. The smallest absolute Gasteiger partial charge is 0.531 e. The number of hydrogen-bond donors (Lipinski definition) is 1. The summed E-state index contributed by atoms with van der Waals surface area (Å²) in [6.45, 7) is 0. The molecule has 1 heterocycles. The average Bonchev–Trinajstić information content (AvgIpc) is 2.06. The maximum Gasteiger partial charge on any atom is 0.552 e. The largest absolute Gasteiger partial charge is 0.552 e. The first-order chi connectivity index (χ1) is 6.16. The summed E-state index contributed by atoms with van der Waals surface area (Å²) in [4.78, 5) is 0. The molecule has 2 rings (SSSR count). The molecule has 2 nitrogen and oxygen atoms in total. The highest BCUT2D eigenvalue weighted by Gasteiger charge is 2.20. The summed E-state index contributed by atoms with van der Waals surface area (Å²) in [6.07, 6.45) is 1.78. The second-order valence-electron chi connectivity index (χ2n) is 2.67. The van der Waals surface area contributed by atoms with Crippen LogP contribution < -0.4 is 4.65 Å². The molecule has 1 aliphatic heterocycles. The van der Waals surface area contributed by atoms with E-state index in [1.807, 2.05) is 6.07 Å². The molecule has 0 spiro atoms. The van der Waals surface area contributed by atoms with Crippen LogP contribution in [0.25, 0.3) is 6.08 Å². The fourth-order valence-electron chi connectivity index (χ4n) is 1.17. The summed E-state index contributed by atoms with van der Waals surface area (Å²) in [5, 5.41) is 9.66. The van der Waals surface area contributed by atoms with Crippen LogP contribution >= 0.6 is 27.5 Å². The van der Waals surface area contributed by atoms with E-state index in [0.29, 0.717) is 10.8 Å². The van der Waals surface area contributed by atoms with Gasteiger partial charge in [-0.2, -0.15) is 0 Å². The quantitative estimate of drug-likeness (QED) is 0.725. The lowest BCUT2D eigenvalue weighted by atomic mass is 9.86. The Hall–Kier alpha value is -0.445. The van der Waals surface area contributed by atoms with Crippen molar-refractivity contribution in [3.05, 3.63) is 33.2 Å². The van der Waals surface area contributed by atoms with E-state index in [9.17, 15) is 5.02 Å². The second kappa shape index (κ2) is 3.37. The lowest BCUT2D eigenvalue weighted by molar-refractivity contribution is 0.428. The van der Waals surface area contributed by atoms with E-state index in [1.54, 1.807) is 18.1 Å². The van der Waals surface area contributed by atoms with E-state index in [1.165, 1.54) is 0 Å². The van der Waals surface area contributed by atoms with Gasteiger partial charge in [0.25, 0.3) is 0 Å². The third-order valence-corrected chi connectivity index (χ3v) is 2.45. The predicted octanol–water partition coefficient (Wildman–Crippen LogP) is 2.53. The van der Waals surface area contributed by atoms with Crippen molar-refractivity contribution in [1.82, 2.24) is 0 Å². The molecule has 0 aromatic heterocycles. The summed E-state index contributed by atoms with van der Waals surface area (Å²) in [6, 6.07) is 3.61. The molecule has 1 aliphatic rings. The van der Waals surface area contributed by atoms with E-state index in [4.69, 9.17) is 16.3 Å². The van der Waals surface area contributed by atoms with Gasteiger partial charge in [-0.1, -0.05) is 33.6 Å². The van der Waals surface area contributed by atoms with Gasteiger partial charge in [0, 0.05) is 10.0 Å². The Balaban J connectivity index is 2.56. The van der Waals surface area contributed by atoms with Gasteiger partial charge in [0.2, 0.25) is 0 Å². The first-order valence-electron chi connectivity index (χ1n) is 3.69. The molecule has 5 heteroatoms. The van der Waals surface area contributed by atoms with Gasteiger partial charge in [-0.3, -0.25) is 0 Å². The van der Waals surface area contributed by atoms with Crippen molar-refractivity contribution < 1.29 is 9.68 Å². The van der Waals surface area contributed by atoms with Crippen LogP contribution in [-0.2, 0) is 0 Å². The molecule has 1 aromatic rings. The Morgan fingerprint density at radius 2 is 2.23 bits per heavy atom. The van der Waals surface area contributed by atoms with Gasteiger partial charge in [-0.15, -0.1) is 0 Å². The molecule has 0 atom stereocenters. The summed E-state index contributed by atoms with van der Waals surface area (Å²) >= 11 is 9.23. The molecule has 0 fully saturated rings. The molecule has 0 radical (unpaired) electrons. The van der Waals surface area contributed by atoms with Crippen molar-refractivity contribution in [3.63, 3.8) is 0 Å². The molecule has 0 aliphatic carbocycles. The van der Waals surface area contributed by atoms with Crippen molar-refractivity contribution in [2.45, 2.75) is 0 Å². The standard InChI is InChI=1S/C8H5BBrClO2/c10-6-3-5-1-2-9(12)13-8(5)7(11)4-6/h1-4,12H. The van der Waals surface area contributed by atoms with Gasteiger partial charge in [-0.05, 0) is 18.1 Å². The summed E-state index contributed by atoms with van der Waals surface area (Å²) in [5.74, 6) is 2.09. The van der Waals surface area contributed by atoms with Crippen LogP contribution in [0.1, 0.15) is 5.56 Å².